The summed E-state index contributed by atoms with van der Waals surface area (Å²) in [6, 6.07) is 7.04. The van der Waals surface area contributed by atoms with Gasteiger partial charge >= 0.3 is 5.97 Å². The Morgan fingerprint density at radius 3 is 2.75 bits per heavy atom. The Hall–Kier alpha value is -2.61. The van der Waals surface area contributed by atoms with E-state index in [1.54, 1.807) is 0 Å². The summed E-state index contributed by atoms with van der Waals surface area (Å²) in [5, 5.41) is 17.6. The standard InChI is InChI=1S/C11H5NO4/c12-5-6-1-2-7-8(13)4-10(11(14)15)16-9(7)3-6/h1-4H,(H,14,15). The van der Waals surface area contributed by atoms with Gasteiger partial charge in [-0.3, -0.25) is 4.79 Å². The van der Waals surface area contributed by atoms with Crippen molar-refractivity contribution in [2.24, 2.45) is 0 Å². The van der Waals surface area contributed by atoms with E-state index >= 15 is 0 Å². The molecule has 0 aliphatic carbocycles. The molecule has 16 heavy (non-hydrogen) atoms. The van der Waals surface area contributed by atoms with Crippen molar-refractivity contribution < 1.29 is 14.3 Å². The van der Waals surface area contributed by atoms with Crippen molar-refractivity contribution in [2.75, 3.05) is 0 Å². The van der Waals surface area contributed by atoms with E-state index < -0.39 is 17.2 Å². The van der Waals surface area contributed by atoms with Gasteiger partial charge in [0.25, 0.3) is 0 Å². The average molecular weight is 215 g/mol. The maximum absolute atomic E-state index is 11.5. The van der Waals surface area contributed by atoms with Crippen LogP contribution in [0.1, 0.15) is 16.1 Å². The second-order valence-electron chi connectivity index (χ2n) is 3.10. The van der Waals surface area contributed by atoms with E-state index in [2.05, 4.69) is 0 Å². The van der Waals surface area contributed by atoms with E-state index in [1.807, 2.05) is 6.07 Å². The molecule has 0 bridgehead atoms. The third kappa shape index (κ3) is 1.53. The predicted octanol–water partition coefficient (Wildman–Crippen LogP) is 1.36. The molecule has 0 spiro atoms. The van der Waals surface area contributed by atoms with Gasteiger partial charge in [-0.05, 0) is 18.2 Å². The highest BCUT2D eigenvalue weighted by Crippen LogP contribution is 2.14. The molecule has 5 heteroatoms. The molecule has 5 nitrogen and oxygen atoms in total. The molecule has 0 aliphatic heterocycles. The van der Waals surface area contributed by atoms with Crippen LogP contribution in [0.5, 0.6) is 0 Å². The summed E-state index contributed by atoms with van der Waals surface area (Å²) in [6.07, 6.45) is 0. The summed E-state index contributed by atoms with van der Waals surface area (Å²) < 4.78 is 5.00. The number of nitrogens with zero attached hydrogens (tertiary/aromatic N) is 1. The highest BCUT2D eigenvalue weighted by molar-refractivity contribution is 5.87. The molecule has 0 saturated heterocycles. The zero-order valence-corrected chi connectivity index (χ0v) is 7.93. The summed E-state index contributed by atoms with van der Waals surface area (Å²) >= 11 is 0. The molecule has 78 valence electrons. The number of hydrogen-bond acceptors (Lipinski definition) is 4. The lowest BCUT2D eigenvalue weighted by Gasteiger charge is -1.98. The lowest BCUT2D eigenvalue weighted by atomic mass is 10.1. The van der Waals surface area contributed by atoms with E-state index in [4.69, 9.17) is 14.8 Å². The molecular formula is C11H5NO4. The monoisotopic (exact) mass is 215 g/mol. The zero-order valence-electron chi connectivity index (χ0n) is 7.93. The van der Waals surface area contributed by atoms with Gasteiger partial charge in [-0.15, -0.1) is 0 Å². The third-order valence-electron chi connectivity index (χ3n) is 2.07. The average Bonchev–Trinajstić information content (AvgIpc) is 2.28. The van der Waals surface area contributed by atoms with Gasteiger partial charge in [-0.2, -0.15) is 5.26 Å². The van der Waals surface area contributed by atoms with Crippen molar-refractivity contribution in [2.45, 2.75) is 0 Å². The number of aromatic carboxylic acids is 1. The van der Waals surface area contributed by atoms with Gasteiger partial charge in [0.1, 0.15) is 5.58 Å². The van der Waals surface area contributed by atoms with Crippen molar-refractivity contribution >= 4 is 16.9 Å². The highest BCUT2D eigenvalue weighted by atomic mass is 16.4. The first-order valence-corrected chi connectivity index (χ1v) is 4.33. The number of nitriles is 1. The van der Waals surface area contributed by atoms with Gasteiger partial charge in [-0.1, -0.05) is 0 Å². The second kappa shape index (κ2) is 3.51. The topological polar surface area (TPSA) is 91.3 Å². The molecule has 1 heterocycles. The van der Waals surface area contributed by atoms with Gasteiger partial charge < -0.3 is 9.52 Å². The van der Waals surface area contributed by atoms with Crippen LogP contribution in [0.3, 0.4) is 0 Å². The van der Waals surface area contributed by atoms with Gasteiger partial charge in [-0.25, -0.2) is 4.79 Å². The predicted molar refractivity (Wildman–Crippen MR) is 54.2 cm³/mol. The van der Waals surface area contributed by atoms with Crippen LogP contribution in [0.2, 0.25) is 0 Å². The Balaban J connectivity index is 2.84. The first-order valence-electron chi connectivity index (χ1n) is 4.33. The Kier molecular flexibility index (Phi) is 2.18. The molecule has 0 saturated carbocycles. The minimum atomic E-state index is -1.32. The minimum Gasteiger partial charge on any atom is -0.475 e. The third-order valence-corrected chi connectivity index (χ3v) is 2.07. The summed E-state index contributed by atoms with van der Waals surface area (Å²) in [6.45, 7) is 0. The number of fused-ring (bicyclic) bond motifs is 1. The number of carboxylic acids is 1. The highest BCUT2D eigenvalue weighted by Gasteiger charge is 2.10. The number of carboxylic acid groups (broad SMARTS) is 1. The van der Waals surface area contributed by atoms with Crippen molar-refractivity contribution in [3.05, 3.63) is 45.8 Å². The smallest absolute Gasteiger partial charge is 0.371 e. The van der Waals surface area contributed by atoms with Gasteiger partial charge in [0, 0.05) is 6.07 Å². The van der Waals surface area contributed by atoms with E-state index in [1.165, 1.54) is 18.2 Å². The fourth-order valence-corrected chi connectivity index (χ4v) is 1.33. The number of hydrogen-bond donors (Lipinski definition) is 1. The number of rotatable bonds is 1. The van der Waals surface area contributed by atoms with E-state index in [-0.39, 0.29) is 11.0 Å². The molecule has 2 rings (SSSR count). The van der Waals surface area contributed by atoms with Gasteiger partial charge in [0.05, 0.1) is 17.0 Å². The molecule has 0 atom stereocenters. The Morgan fingerprint density at radius 2 is 2.12 bits per heavy atom. The molecule has 0 radical (unpaired) electrons. The lowest BCUT2D eigenvalue weighted by Crippen LogP contribution is -2.06. The quantitative estimate of drug-likeness (QED) is 0.775. The molecule has 1 N–H and O–H groups in total. The second-order valence-corrected chi connectivity index (χ2v) is 3.10. The molecule has 1 aromatic carbocycles. The SMILES string of the molecule is N#Cc1ccc2c(=O)cc(C(=O)O)oc2c1. The molecular weight excluding hydrogens is 210 g/mol. The van der Waals surface area contributed by atoms with Crippen LogP contribution < -0.4 is 5.43 Å². The maximum atomic E-state index is 11.5. The van der Waals surface area contributed by atoms with Gasteiger partial charge in [0.15, 0.2) is 5.43 Å². The zero-order chi connectivity index (χ0) is 11.7. The van der Waals surface area contributed by atoms with Crippen LogP contribution in [0.4, 0.5) is 0 Å². The normalized spacial score (nSPS) is 9.94. The minimum absolute atomic E-state index is 0.101. The van der Waals surface area contributed by atoms with E-state index in [0.717, 1.165) is 6.07 Å². The number of carbonyl (C=O) groups is 1. The molecule has 2 aromatic rings. The molecule has 1 aromatic heterocycles. The Bertz CT molecular complexity index is 678. The fraction of sp³-hybridized carbons (Fsp3) is 0. The molecule has 0 unspecified atom stereocenters. The fourth-order valence-electron chi connectivity index (χ4n) is 1.33. The van der Waals surface area contributed by atoms with Crippen LogP contribution in [0.15, 0.2) is 33.5 Å². The van der Waals surface area contributed by atoms with Crippen molar-refractivity contribution in [3.8, 4) is 6.07 Å². The van der Waals surface area contributed by atoms with Crippen LogP contribution >= 0.6 is 0 Å². The first-order chi connectivity index (χ1) is 7.61. The summed E-state index contributed by atoms with van der Waals surface area (Å²) in [7, 11) is 0. The van der Waals surface area contributed by atoms with E-state index in [9.17, 15) is 9.59 Å². The maximum Gasteiger partial charge on any atom is 0.371 e. The van der Waals surface area contributed by atoms with Crippen LogP contribution in [0, 0.1) is 11.3 Å². The Labute approximate surface area is 89.2 Å². The van der Waals surface area contributed by atoms with Crippen LogP contribution in [0.25, 0.3) is 11.0 Å². The van der Waals surface area contributed by atoms with E-state index in [0.29, 0.717) is 5.56 Å². The van der Waals surface area contributed by atoms with Gasteiger partial charge in [0.2, 0.25) is 5.76 Å². The first kappa shape index (κ1) is 9.93. The van der Waals surface area contributed by atoms with Crippen molar-refractivity contribution in [1.29, 1.82) is 5.26 Å². The van der Waals surface area contributed by atoms with Crippen LogP contribution in [-0.2, 0) is 0 Å². The van der Waals surface area contributed by atoms with Crippen molar-refractivity contribution in [3.63, 3.8) is 0 Å². The summed E-state index contributed by atoms with van der Waals surface area (Å²) in [5.74, 6) is -1.76. The molecule has 0 fully saturated rings. The molecule has 0 amide bonds. The lowest BCUT2D eigenvalue weighted by molar-refractivity contribution is 0.0663. The summed E-state index contributed by atoms with van der Waals surface area (Å²) in [4.78, 5) is 22.2. The molecule has 0 aliphatic rings. The van der Waals surface area contributed by atoms with Crippen LogP contribution in [-0.4, -0.2) is 11.1 Å². The summed E-state index contributed by atoms with van der Waals surface area (Å²) in [5.41, 5.74) is -0.0368. The van der Waals surface area contributed by atoms with Crippen molar-refractivity contribution in [1.82, 2.24) is 0 Å². The largest absolute Gasteiger partial charge is 0.475 e. The number of benzene rings is 1. The Morgan fingerprint density at radius 1 is 1.38 bits per heavy atom.